The number of carbonyl (C=O) groups is 4. The Balaban J connectivity index is 1.17. The zero-order chi connectivity index (χ0) is 39.9. The molecule has 2 heterocycles. The van der Waals surface area contributed by atoms with E-state index in [0.29, 0.717) is 19.4 Å². The van der Waals surface area contributed by atoms with Gasteiger partial charge in [-0.1, -0.05) is 75.4 Å². The number of benzene rings is 3. The van der Waals surface area contributed by atoms with Gasteiger partial charge < -0.3 is 36.8 Å². The molecule has 0 saturated carbocycles. The van der Waals surface area contributed by atoms with Crippen LogP contribution in [0.4, 0.5) is 0 Å². The molecule has 294 valence electrons. The second kappa shape index (κ2) is 18.3. The fraction of sp³-hybridized carbons (Fsp3) is 0.452. The summed E-state index contributed by atoms with van der Waals surface area (Å²) in [4.78, 5) is 58.9. The Hall–Kier alpha value is -4.69. The summed E-state index contributed by atoms with van der Waals surface area (Å²) in [5, 5.41) is 18.5. The number of aromatic nitrogens is 1. The standard InChI is InChI=1S/C42H54N6O6S/c1-25-38(55-24-46-25)30-12-9-27(10-13-30)21-45-40(52)35-20-32(49)22-48(35)41(53)39(42(3,4)5)47-37(51)18-14-29-7-6-8-31-19-28(11-15-33(29)31)23-54-26(2)34(43)16-17-36(44)50/h6-13,15,19,24,26,32,34-35,39,49H,14,16-18,20-23,43H2,1-5H3,(H2,44,50)(H,45,52)(H,47,51)/t26-,32-,34+,35+,39-/m1/s1. The number of carbonyl (C=O) groups excluding carboxylic acids is 4. The number of amides is 4. The number of aryl methyl sites for hydroxylation is 2. The van der Waals surface area contributed by atoms with E-state index in [9.17, 15) is 24.3 Å². The lowest BCUT2D eigenvalue weighted by Gasteiger charge is -2.35. The first-order chi connectivity index (χ1) is 26.1. The van der Waals surface area contributed by atoms with Gasteiger partial charge in [0.15, 0.2) is 0 Å². The van der Waals surface area contributed by atoms with Crippen LogP contribution < -0.4 is 22.1 Å². The van der Waals surface area contributed by atoms with E-state index in [2.05, 4.69) is 15.6 Å². The smallest absolute Gasteiger partial charge is 0.246 e. The van der Waals surface area contributed by atoms with Crippen LogP contribution >= 0.6 is 11.3 Å². The monoisotopic (exact) mass is 770 g/mol. The number of hydrogen-bond acceptors (Lipinski definition) is 9. The molecule has 0 unspecified atom stereocenters. The first kappa shape index (κ1) is 41.5. The van der Waals surface area contributed by atoms with E-state index < -0.39 is 29.5 Å². The van der Waals surface area contributed by atoms with Crippen molar-refractivity contribution in [2.45, 2.75) is 110 Å². The van der Waals surface area contributed by atoms with Gasteiger partial charge >= 0.3 is 0 Å². The van der Waals surface area contributed by atoms with Crippen molar-refractivity contribution in [1.29, 1.82) is 0 Å². The van der Waals surface area contributed by atoms with Gasteiger partial charge in [-0.2, -0.15) is 0 Å². The Morgan fingerprint density at radius 2 is 1.78 bits per heavy atom. The highest BCUT2D eigenvalue weighted by Gasteiger charge is 2.44. The van der Waals surface area contributed by atoms with Crippen molar-refractivity contribution in [2.24, 2.45) is 16.9 Å². The van der Waals surface area contributed by atoms with Gasteiger partial charge in [0.2, 0.25) is 23.6 Å². The summed E-state index contributed by atoms with van der Waals surface area (Å²) in [6, 6.07) is 17.8. The highest BCUT2D eigenvalue weighted by molar-refractivity contribution is 7.13. The number of fused-ring (bicyclic) bond motifs is 1. The second-order valence-electron chi connectivity index (χ2n) is 15.6. The van der Waals surface area contributed by atoms with Crippen molar-refractivity contribution in [3.63, 3.8) is 0 Å². The summed E-state index contributed by atoms with van der Waals surface area (Å²) in [5.41, 5.74) is 17.4. The molecule has 7 N–H and O–H groups in total. The molecule has 3 aromatic carbocycles. The molecule has 0 aliphatic carbocycles. The zero-order valence-electron chi connectivity index (χ0n) is 32.3. The van der Waals surface area contributed by atoms with Crippen LogP contribution in [-0.2, 0) is 43.5 Å². The maximum atomic E-state index is 14.1. The fourth-order valence-corrected chi connectivity index (χ4v) is 7.68. The summed E-state index contributed by atoms with van der Waals surface area (Å²) in [6.07, 6.45) is 0.283. The number of likely N-dealkylation sites (tertiary alicyclic amines) is 1. The van der Waals surface area contributed by atoms with Gasteiger partial charge in [-0.25, -0.2) is 4.98 Å². The molecule has 0 bridgehead atoms. The van der Waals surface area contributed by atoms with Gasteiger partial charge in [0.25, 0.3) is 0 Å². The maximum Gasteiger partial charge on any atom is 0.246 e. The number of aliphatic hydroxyl groups is 1. The quantitative estimate of drug-likeness (QED) is 0.110. The van der Waals surface area contributed by atoms with Crippen molar-refractivity contribution in [3.8, 4) is 10.4 Å². The average Bonchev–Trinajstić information content (AvgIpc) is 3.77. The molecule has 55 heavy (non-hydrogen) atoms. The van der Waals surface area contributed by atoms with E-state index in [1.54, 1.807) is 11.3 Å². The van der Waals surface area contributed by atoms with Crippen LogP contribution in [0.25, 0.3) is 21.2 Å². The molecule has 12 nitrogen and oxygen atoms in total. The van der Waals surface area contributed by atoms with Crippen LogP contribution in [0.3, 0.4) is 0 Å². The number of nitrogens with one attached hydrogen (secondary N) is 2. The van der Waals surface area contributed by atoms with E-state index >= 15 is 0 Å². The molecule has 5 atom stereocenters. The maximum absolute atomic E-state index is 14.1. The minimum absolute atomic E-state index is 0.00626. The normalized spacial score (nSPS) is 17.5. The molecule has 1 aliphatic rings. The third-order valence-corrected chi connectivity index (χ3v) is 11.2. The lowest BCUT2D eigenvalue weighted by atomic mass is 9.85. The summed E-state index contributed by atoms with van der Waals surface area (Å²) in [5.74, 6) is -1.42. The van der Waals surface area contributed by atoms with E-state index in [0.717, 1.165) is 43.6 Å². The Labute approximate surface area is 327 Å². The summed E-state index contributed by atoms with van der Waals surface area (Å²) >= 11 is 1.58. The molecule has 4 amide bonds. The molecule has 1 fully saturated rings. The molecular weight excluding hydrogens is 717 g/mol. The molecule has 5 rings (SSSR count). The number of primary amides is 1. The highest BCUT2D eigenvalue weighted by Crippen LogP contribution is 2.29. The number of ether oxygens (including phenoxy) is 1. The number of rotatable bonds is 16. The number of nitrogens with two attached hydrogens (primary N) is 2. The fourth-order valence-electron chi connectivity index (χ4n) is 6.86. The van der Waals surface area contributed by atoms with Gasteiger partial charge in [0.1, 0.15) is 12.1 Å². The predicted octanol–water partition coefficient (Wildman–Crippen LogP) is 4.51. The van der Waals surface area contributed by atoms with Gasteiger partial charge in [-0.3, -0.25) is 19.2 Å². The molecule has 1 aromatic heterocycles. The number of aliphatic hydroxyl groups excluding tert-OH is 1. The minimum Gasteiger partial charge on any atom is -0.391 e. The van der Waals surface area contributed by atoms with Crippen LogP contribution in [0.1, 0.15) is 75.8 Å². The minimum atomic E-state index is -0.912. The van der Waals surface area contributed by atoms with Crippen molar-refractivity contribution in [1.82, 2.24) is 20.5 Å². The van der Waals surface area contributed by atoms with E-state index in [1.165, 1.54) is 4.90 Å². The van der Waals surface area contributed by atoms with Crippen LogP contribution in [0.2, 0.25) is 0 Å². The Kier molecular flexibility index (Phi) is 13.8. The summed E-state index contributed by atoms with van der Waals surface area (Å²) in [7, 11) is 0. The largest absolute Gasteiger partial charge is 0.391 e. The summed E-state index contributed by atoms with van der Waals surface area (Å²) in [6.45, 7) is 10.1. The van der Waals surface area contributed by atoms with E-state index in [1.807, 2.05) is 101 Å². The molecule has 0 spiro atoms. The Morgan fingerprint density at radius 3 is 2.45 bits per heavy atom. The molecule has 4 aromatic rings. The van der Waals surface area contributed by atoms with Crippen molar-refractivity contribution < 1.29 is 29.0 Å². The lowest BCUT2D eigenvalue weighted by Crippen LogP contribution is -2.57. The van der Waals surface area contributed by atoms with Crippen LogP contribution in [0, 0.1) is 12.3 Å². The average molecular weight is 771 g/mol. The van der Waals surface area contributed by atoms with Gasteiger partial charge in [-0.15, -0.1) is 11.3 Å². The van der Waals surface area contributed by atoms with Crippen LogP contribution in [0.15, 0.2) is 66.2 Å². The highest BCUT2D eigenvalue weighted by atomic mass is 32.1. The molecule has 0 radical (unpaired) electrons. The Morgan fingerprint density at radius 1 is 1.05 bits per heavy atom. The molecule has 13 heteroatoms. The van der Waals surface area contributed by atoms with Gasteiger partial charge in [0.05, 0.1) is 34.9 Å². The Bertz CT molecular complexity index is 1970. The first-order valence-electron chi connectivity index (χ1n) is 18.8. The molecule has 1 saturated heterocycles. The summed E-state index contributed by atoms with van der Waals surface area (Å²) < 4.78 is 5.98. The third-order valence-electron chi connectivity index (χ3n) is 10.2. The number of nitrogens with zero attached hydrogens (tertiary/aromatic N) is 2. The number of β-amino-alcohol motifs (C(OH)–C–C–N with tert-alkyl or cyclic N) is 1. The lowest BCUT2D eigenvalue weighted by molar-refractivity contribution is -0.144. The number of thiazole rings is 1. The molecular formula is C42H54N6O6S. The predicted molar refractivity (Wildman–Crippen MR) is 215 cm³/mol. The van der Waals surface area contributed by atoms with Gasteiger partial charge in [-0.05, 0) is 71.2 Å². The van der Waals surface area contributed by atoms with Gasteiger partial charge in [0, 0.05) is 38.4 Å². The van der Waals surface area contributed by atoms with Crippen molar-refractivity contribution in [3.05, 3.63) is 88.6 Å². The zero-order valence-corrected chi connectivity index (χ0v) is 33.2. The van der Waals surface area contributed by atoms with E-state index in [4.69, 9.17) is 16.2 Å². The molecule has 1 aliphatic heterocycles. The van der Waals surface area contributed by atoms with E-state index in [-0.39, 0.29) is 62.2 Å². The van der Waals surface area contributed by atoms with Crippen molar-refractivity contribution >= 4 is 45.7 Å². The van der Waals surface area contributed by atoms with Crippen LogP contribution in [-0.4, -0.2) is 75.5 Å². The number of hydrogen-bond donors (Lipinski definition) is 5. The first-order valence-corrected chi connectivity index (χ1v) is 19.7. The van der Waals surface area contributed by atoms with Crippen molar-refractivity contribution in [2.75, 3.05) is 6.54 Å². The SMILES string of the molecule is Cc1ncsc1-c1ccc(CNC(=O)[C@@H]2C[C@@H](O)CN2C(=O)[C@@H](NC(=O)CCc2cccc3cc(CO[C@H](C)[C@@H](N)CCC(N)=O)ccc23)C(C)(C)C)cc1. The van der Waals surface area contributed by atoms with Crippen LogP contribution in [0.5, 0.6) is 0 Å². The second-order valence-corrected chi connectivity index (χ2v) is 16.5. The topological polar surface area (TPSA) is 190 Å². The third kappa shape index (κ3) is 11.0.